The number of terminal acetylenes is 1. The van der Waals surface area contributed by atoms with E-state index in [4.69, 9.17) is 12.2 Å². The van der Waals surface area contributed by atoms with E-state index in [0.29, 0.717) is 6.54 Å². The number of carbonyl (C=O) groups is 1. The first-order chi connectivity index (χ1) is 7.24. The van der Waals surface area contributed by atoms with Crippen LogP contribution in [-0.2, 0) is 11.3 Å². The van der Waals surface area contributed by atoms with E-state index >= 15 is 0 Å². The molecule has 78 valence electrons. The summed E-state index contributed by atoms with van der Waals surface area (Å²) in [6.45, 7) is 0.422. The van der Waals surface area contributed by atoms with Crippen LogP contribution in [0.4, 0.5) is 0 Å². The Kier molecular flexibility index (Phi) is 4.32. The molecule has 0 fully saturated rings. The second-order valence-electron chi connectivity index (χ2n) is 3.09. The van der Waals surface area contributed by atoms with Crippen LogP contribution < -0.4 is 11.1 Å². The maximum atomic E-state index is 11.4. The van der Waals surface area contributed by atoms with Gasteiger partial charge in [-0.25, -0.2) is 0 Å². The van der Waals surface area contributed by atoms with Gasteiger partial charge < -0.3 is 11.1 Å². The molecule has 0 aliphatic rings. The van der Waals surface area contributed by atoms with Crippen LogP contribution in [0.3, 0.4) is 0 Å². The first-order valence-electron chi connectivity index (χ1n) is 4.59. The van der Waals surface area contributed by atoms with Gasteiger partial charge in [-0.15, -0.1) is 12.3 Å². The lowest BCUT2D eigenvalue weighted by molar-refractivity contribution is -0.122. The second-order valence-corrected chi connectivity index (χ2v) is 3.09. The predicted molar refractivity (Wildman–Crippen MR) is 57.5 cm³/mol. The molecule has 0 aliphatic heterocycles. The molecule has 1 unspecified atom stereocenters. The summed E-state index contributed by atoms with van der Waals surface area (Å²) in [6.07, 6.45) is 8.67. The van der Waals surface area contributed by atoms with Crippen molar-refractivity contribution in [3.8, 4) is 12.3 Å². The number of hydrogen-bond donors (Lipinski definition) is 2. The Morgan fingerprint density at radius 2 is 2.53 bits per heavy atom. The normalized spacial score (nSPS) is 11.5. The fraction of sp³-hybridized carbons (Fsp3) is 0.273. The molecule has 1 amide bonds. The lowest BCUT2D eigenvalue weighted by atomic mass is 10.2. The van der Waals surface area contributed by atoms with Gasteiger partial charge in [0.1, 0.15) is 0 Å². The highest BCUT2D eigenvalue weighted by atomic mass is 16.2. The summed E-state index contributed by atoms with van der Waals surface area (Å²) in [7, 11) is 0. The Morgan fingerprint density at radius 1 is 1.73 bits per heavy atom. The summed E-state index contributed by atoms with van der Waals surface area (Å²) < 4.78 is 0. The van der Waals surface area contributed by atoms with Crippen LogP contribution in [0.25, 0.3) is 0 Å². The molecule has 4 nitrogen and oxygen atoms in total. The molecule has 15 heavy (non-hydrogen) atoms. The van der Waals surface area contributed by atoms with Gasteiger partial charge in [-0.3, -0.25) is 9.78 Å². The van der Waals surface area contributed by atoms with Gasteiger partial charge in [0.2, 0.25) is 5.91 Å². The third-order valence-corrected chi connectivity index (χ3v) is 1.86. The van der Waals surface area contributed by atoms with Gasteiger partial charge >= 0.3 is 0 Å². The number of aromatic nitrogens is 1. The predicted octanol–water partition coefficient (Wildman–Crippen LogP) is 0.0484. The summed E-state index contributed by atoms with van der Waals surface area (Å²) in [5.74, 6) is 2.11. The summed E-state index contributed by atoms with van der Waals surface area (Å²) in [4.78, 5) is 15.3. The lowest BCUT2D eigenvalue weighted by Crippen LogP contribution is -2.39. The number of hydrogen-bond acceptors (Lipinski definition) is 3. The number of carbonyl (C=O) groups excluding carboxylic acids is 1. The summed E-state index contributed by atoms with van der Waals surface area (Å²) in [6, 6.07) is 3.05. The molecule has 1 heterocycles. The minimum absolute atomic E-state index is 0.239. The van der Waals surface area contributed by atoms with Gasteiger partial charge in [-0.05, 0) is 11.6 Å². The van der Waals surface area contributed by atoms with Gasteiger partial charge in [0, 0.05) is 25.4 Å². The number of nitrogens with two attached hydrogens (primary N) is 1. The molecular weight excluding hydrogens is 190 g/mol. The zero-order valence-corrected chi connectivity index (χ0v) is 8.31. The molecule has 1 atom stereocenters. The van der Waals surface area contributed by atoms with E-state index in [1.807, 2.05) is 12.1 Å². The van der Waals surface area contributed by atoms with Crippen molar-refractivity contribution in [2.45, 2.75) is 19.0 Å². The Bertz CT molecular complexity index is 356. The molecule has 3 N–H and O–H groups in total. The van der Waals surface area contributed by atoms with Crippen molar-refractivity contribution in [3.05, 3.63) is 30.1 Å². The van der Waals surface area contributed by atoms with Crippen molar-refractivity contribution < 1.29 is 4.79 Å². The topological polar surface area (TPSA) is 68.0 Å². The Hall–Kier alpha value is -1.86. The van der Waals surface area contributed by atoms with Gasteiger partial charge in [-0.2, -0.15) is 0 Å². The quantitative estimate of drug-likeness (QED) is 0.679. The second kappa shape index (κ2) is 5.78. The monoisotopic (exact) mass is 203 g/mol. The largest absolute Gasteiger partial charge is 0.351 e. The summed E-state index contributed by atoms with van der Waals surface area (Å²) in [5.41, 5.74) is 6.45. The average molecular weight is 203 g/mol. The number of pyridine rings is 1. The number of nitrogens with one attached hydrogen (secondary N) is 1. The van der Waals surface area contributed by atoms with Crippen LogP contribution in [0.1, 0.15) is 12.0 Å². The standard InChI is InChI=1S/C11H13N3O/c1-2-4-10(12)11(15)14-8-9-5-3-6-13-7-9/h1,3,5-7,10H,4,8,12H2,(H,14,15). The summed E-state index contributed by atoms with van der Waals surface area (Å²) >= 11 is 0. The van der Waals surface area contributed by atoms with Crippen molar-refractivity contribution in [2.75, 3.05) is 0 Å². The van der Waals surface area contributed by atoms with Gasteiger partial charge in [-0.1, -0.05) is 6.07 Å². The zero-order chi connectivity index (χ0) is 11.1. The third-order valence-electron chi connectivity index (χ3n) is 1.86. The fourth-order valence-electron chi connectivity index (χ4n) is 1.04. The van der Waals surface area contributed by atoms with E-state index < -0.39 is 6.04 Å². The number of amides is 1. The SMILES string of the molecule is C#CCC(N)C(=O)NCc1cccnc1. The Balaban J connectivity index is 2.38. The van der Waals surface area contributed by atoms with Crippen LogP contribution in [0.5, 0.6) is 0 Å². The fourth-order valence-corrected chi connectivity index (χ4v) is 1.04. The molecule has 0 bridgehead atoms. The van der Waals surface area contributed by atoms with E-state index in [2.05, 4.69) is 16.2 Å². The average Bonchev–Trinajstić information content (AvgIpc) is 2.27. The molecule has 1 rings (SSSR count). The van der Waals surface area contributed by atoms with Crippen molar-refractivity contribution in [1.82, 2.24) is 10.3 Å². The van der Waals surface area contributed by atoms with Gasteiger partial charge in [0.05, 0.1) is 6.04 Å². The van der Waals surface area contributed by atoms with Crippen molar-refractivity contribution >= 4 is 5.91 Å². The smallest absolute Gasteiger partial charge is 0.238 e. The number of rotatable bonds is 4. The van der Waals surface area contributed by atoms with Crippen molar-refractivity contribution in [3.63, 3.8) is 0 Å². The molecule has 4 heteroatoms. The lowest BCUT2D eigenvalue weighted by Gasteiger charge is -2.09. The van der Waals surface area contributed by atoms with Crippen molar-refractivity contribution in [2.24, 2.45) is 5.73 Å². The minimum atomic E-state index is -0.633. The van der Waals surface area contributed by atoms with Crippen LogP contribution in [0.2, 0.25) is 0 Å². The Morgan fingerprint density at radius 3 is 3.13 bits per heavy atom. The number of nitrogens with zero attached hydrogens (tertiary/aromatic N) is 1. The highest BCUT2D eigenvalue weighted by molar-refractivity contribution is 5.81. The van der Waals surface area contributed by atoms with Gasteiger partial charge in [0.25, 0.3) is 0 Å². The highest BCUT2D eigenvalue weighted by Crippen LogP contribution is 1.95. The first kappa shape index (κ1) is 11.2. The molecule has 0 radical (unpaired) electrons. The van der Waals surface area contributed by atoms with Gasteiger partial charge in [0.15, 0.2) is 0 Å². The maximum Gasteiger partial charge on any atom is 0.238 e. The summed E-state index contributed by atoms with van der Waals surface area (Å²) in [5, 5.41) is 2.68. The molecule has 1 aromatic rings. The van der Waals surface area contributed by atoms with E-state index in [-0.39, 0.29) is 12.3 Å². The third kappa shape index (κ3) is 3.79. The Labute approximate surface area is 88.9 Å². The molecule has 0 saturated heterocycles. The van der Waals surface area contributed by atoms with E-state index in [0.717, 1.165) is 5.56 Å². The van der Waals surface area contributed by atoms with E-state index in [1.54, 1.807) is 12.4 Å². The van der Waals surface area contributed by atoms with Crippen LogP contribution >= 0.6 is 0 Å². The van der Waals surface area contributed by atoms with Crippen LogP contribution in [0, 0.1) is 12.3 Å². The van der Waals surface area contributed by atoms with E-state index in [1.165, 1.54) is 0 Å². The molecule has 0 saturated carbocycles. The molecular formula is C11H13N3O. The van der Waals surface area contributed by atoms with E-state index in [9.17, 15) is 4.79 Å². The molecule has 0 spiro atoms. The highest BCUT2D eigenvalue weighted by Gasteiger charge is 2.10. The van der Waals surface area contributed by atoms with Crippen molar-refractivity contribution in [1.29, 1.82) is 0 Å². The minimum Gasteiger partial charge on any atom is -0.351 e. The molecule has 0 aromatic carbocycles. The molecule has 1 aromatic heterocycles. The molecule has 0 aliphatic carbocycles. The first-order valence-corrected chi connectivity index (χ1v) is 4.59. The van der Waals surface area contributed by atoms with Crippen LogP contribution in [-0.4, -0.2) is 16.9 Å². The maximum absolute atomic E-state index is 11.4. The zero-order valence-electron chi connectivity index (χ0n) is 8.31. The van der Waals surface area contributed by atoms with Crippen LogP contribution in [0.15, 0.2) is 24.5 Å².